The molecule has 1 aromatic heterocycles. The summed E-state index contributed by atoms with van der Waals surface area (Å²) in [5.74, 6) is -0.226. The van der Waals surface area contributed by atoms with Crippen LogP contribution in [-0.4, -0.2) is 56.3 Å². The molecule has 0 aliphatic carbocycles. The van der Waals surface area contributed by atoms with Crippen LogP contribution in [0.4, 0.5) is 0 Å². The number of carbonyl (C=O) groups excluding carboxylic acids is 1. The molecule has 0 radical (unpaired) electrons. The van der Waals surface area contributed by atoms with E-state index in [9.17, 15) is 13.2 Å². The molecule has 9 heteroatoms. The number of nitrogens with one attached hydrogen (secondary N) is 1. The van der Waals surface area contributed by atoms with Crippen molar-refractivity contribution < 1.29 is 13.2 Å². The van der Waals surface area contributed by atoms with Gasteiger partial charge >= 0.3 is 0 Å². The van der Waals surface area contributed by atoms with Crippen molar-refractivity contribution in [3.63, 3.8) is 0 Å². The number of amides is 1. The summed E-state index contributed by atoms with van der Waals surface area (Å²) in [6.07, 6.45) is 0.962. The van der Waals surface area contributed by atoms with E-state index < -0.39 is 10.0 Å². The van der Waals surface area contributed by atoms with Crippen molar-refractivity contribution >= 4 is 38.9 Å². The molecule has 1 amide bonds. The van der Waals surface area contributed by atoms with Gasteiger partial charge in [-0.2, -0.15) is 4.31 Å². The Morgan fingerprint density at radius 1 is 0.939 bits per heavy atom. The second kappa shape index (κ2) is 10.8. The van der Waals surface area contributed by atoms with Crippen LogP contribution in [-0.2, 0) is 23.0 Å². The molecule has 4 rings (SSSR count). The number of hydrogen-bond acceptors (Lipinski definition) is 5. The third-order valence-electron chi connectivity index (χ3n) is 5.65. The van der Waals surface area contributed by atoms with Crippen molar-refractivity contribution in [2.75, 3.05) is 32.7 Å². The Balaban J connectivity index is 1.28. The molecular weight excluding hydrogens is 478 g/mol. The molecule has 1 saturated heterocycles. The molecule has 0 saturated carbocycles. The Morgan fingerprint density at radius 2 is 1.64 bits per heavy atom. The smallest absolute Gasteiger partial charge is 0.252 e. The van der Waals surface area contributed by atoms with E-state index in [4.69, 9.17) is 11.6 Å². The van der Waals surface area contributed by atoms with Crippen LogP contribution in [0.5, 0.6) is 0 Å². The minimum atomic E-state index is -3.53. The van der Waals surface area contributed by atoms with E-state index in [1.165, 1.54) is 16.9 Å². The fourth-order valence-corrected chi connectivity index (χ4v) is 6.71. The quantitative estimate of drug-likeness (QED) is 0.506. The maximum Gasteiger partial charge on any atom is 0.252 e. The summed E-state index contributed by atoms with van der Waals surface area (Å²) in [5, 5.41) is 3.39. The number of hydrogen-bond donors (Lipinski definition) is 1. The van der Waals surface area contributed by atoms with Crippen molar-refractivity contribution in [3.05, 3.63) is 87.8 Å². The van der Waals surface area contributed by atoms with Gasteiger partial charge in [0.25, 0.3) is 15.9 Å². The summed E-state index contributed by atoms with van der Waals surface area (Å²) in [6.45, 7) is 3.61. The highest BCUT2D eigenvalue weighted by Crippen LogP contribution is 2.26. The zero-order valence-corrected chi connectivity index (χ0v) is 20.5. The number of nitrogens with zero attached hydrogens (tertiary/aromatic N) is 2. The second-order valence-corrected chi connectivity index (χ2v) is 11.7. The van der Waals surface area contributed by atoms with Crippen molar-refractivity contribution in [1.82, 2.24) is 14.5 Å². The third-order valence-corrected chi connectivity index (χ3v) is 9.35. The molecule has 1 aliphatic rings. The lowest BCUT2D eigenvalue weighted by atomic mass is 10.1. The standard InChI is InChI=1S/C24H26ClN3O3S2/c25-21-8-6-20(7-9-21)24(29)26-18-22-10-11-23(32-22)33(30,31)28-16-14-27(15-17-28)13-12-19-4-2-1-3-5-19/h1-11H,12-18H2,(H,26,29). The van der Waals surface area contributed by atoms with Gasteiger partial charge in [-0.25, -0.2) is 8.42 Å². The van der Waals surface area contributed by atoms with Crippen LogP contribution < -0.4 is 5.32 Å². The van der Waals surface area contributed by atoms with E-state index >= 15 is 0 Å². The summed E-state index contributed by atoms with van der Waals surface area (Å²) in [5.41, 5.74) is 1.80. The van der Waals surface area contributed by atoms with Gasteiger partial charge in [-0.05, 0) is 48.4 Å². The largest absolute Gasteiger partial charge is 0.347 e. The number of halogens is 1. The van der Waals surface area contributed by atoms with Gasteiger partial charge in [0.1, 0.15) is 4.21 Å². The first-order valence-electron chi connectivity index (χ1n) is 10.8. The van der Waals surface area contributed by atoms with Gasteiger partial charge in [-0.1, -0.05) is 41.9 Å². The second-order valence-electron chi connectivity index (χ2n) is 7.89. The van der Waals surface area contributed by atoms with Crippen LogP contribution in [0.15, 0.2) is 70.9 Å². The number of rotatable bonds is 8. The van der Waals surface area contributed by atoms with Crippen molar-refractivity contribution in [1.29, 1.82) is 0 Å². The number of sulfonamides is 1. The number of carbonyl (C=O) groups is 1. The Morgan fingerprint density at radius 3 is 2.33 bits per heavy atom. The molecule has 1 N–H and O–H groups in total. The number of benzene rings is 2. The summed E-state index contributed by atoms with van der Waals surface area (Å²) in [7, 11) is -3.53. The minimum Gasteiger partial charge on any atom is -0.347 e. The molecular formula is C24H26ClN3O3S2. The predicted molar refractivity (Wildman–Crippen MR) is 132 cm³/mol. The van der Waals surface area contributed by atoms with Crippen LogP contribution >= 0.6 is 22.9 Å². The molecule has 2 aromatic carbocycles. The van der Waals surface area contributed by atoms with Crippen LogP contribution in [0, 0.1) is 0 Å². The van der Waals surface area contributed by atoms with E-state index in [0.717, 1.165) is 30.9 Å². The first-order chi connectivity index (χ1) is 15.9. The normalized spacial score (nSPS) is 15.4. The zero-order chi connectivity index (χ0) is 23.3. The van der Waals surface area contributed by atoms with Gasteiger partial charge in [-0.3, -0.25) is 4.79 Å². The average Bonchev–Trinajstić information content (AvgIpc) is 3.33. The zero-order valence-electron chi connectivity index (χ0n) is 18.1. The molecule has 174 valence electrons. The van der Waals surface area contributed by atoms with E-state index in [1.807, 2.05) is 18.2 Å². The lowest BCUT2D eigenvalue weighted by Gasteiger charge is -2.33. The molecule has 0 atom stereocenters. The van der Waals surface area contributed by atoms with Crippen LogP contribution in [0.2, 0.25) is 5.02 Å². The summed E-state index contributed by atoms with van der Waals surface area (Å²) < 4.78 is 28.1. The topological polar surface area (TPSA) is 69.7 Å². The minimum absolute atomic E-state index is 0.226. The SMILES string of the molecule is O=C(NCc1ccc(S(=O)(=O)N2CCN(CCc3ccccc3)CC2)s1)c1ccc(Cl)cc1. The summed E-state index contributed by atoms with van der Waals surface area (Å²) in [4.78, 5) is 15.4. The lowest BCUT2D eigenvalue weighted by Crippen LogP contribution is -2.48. The number of thiophene rings is 1. The maximum atomic E-state index is 13.1. The molecule has 33 heavy (non-hydrogen) atoms. The Labute approximate surface area is 203 Å². The van der Waals surface area contributed by atoms with Crippen molar-refractivity contribution in [2.45, 2.75) is 17.2 Å². The van der Waals surface area contributed by atoms with E-state index in [1.54, 1.807) is 40.7 Å². The fraction of sp³-hybridized carbons (Fsp3) is 0.292. The molecule has 0 bridgehead atoms. The van der Waals surface area contributed by atoms with E-state index in [2.05, 4.69) is 22.3 Å². The predicted octanol–water partition coefficient (Wildman–Crippen LogP) is 3.88. The first-order valence-corrected chi connectivity index (χ1v) is 13.4. The molecule has 0 spiro atoms. The van der Waals surface area contributed by atoms with Gasteiger partial charge in [-0.15, -0.1) is 11.3 Å². The summed E-state index contributed by atoms with van der Waals surface area (Å²) in [6, 6.07) is 20.3. The van der Waals surface area contributed by atoms with Gasteiger partial charge in [0.15, 0.2) is 0 Å². The van der Waals surface area contributed by atoms with Gasteiger partial charge < -0.3 is 10.2 Å². The molecule has 0 unspecified atom stereocenters. The summed E-state index contributed by atoms with van der Waals surface area (Å²) >= 11 is 7.06. The monoisotopic (exact) mass is 503 g/mol. The van der Waals surface area contributed by atoms with Crippen molar-refractivity contribution in [2.24, 2.45) is 0 Å². The highest BCUT2D eigenvalue weighted by molar-refractivity contribution is 7.91. The van der Waals surface area contributed by atoms with Crippen molar-refractivity contribution in [3.8, 4) is 0 Å². The highest BCUT2D eigenvalue weighted by atomic mass is 35.5. The third kappa shape index (κ3) is 6.22. The number of piperazine rings is 1. The maximum absolute atomic E-state index is 13.1. The Kier molecular flexibility index (Phi) is 7.82. The molecule has 1 fully saturated rings. The Bertz CT molecular complexity index is 1170. The highest BCUT2D eigenvalue weighted by Gasteiger charge is 2.29. The lowest BCUT2D eigenvalue weighted by molar-refractivity contribution is 0.0951. The van der Waals surface area contributed by atoms with Crippen LogP contribution in [0.3, 0.4) is 0 Å². The van der Waals surface area contributed by atoms with Gasteiger partial charge in [0.05, 0.1) is 6.54 Å². The van der Waals surface area contributed by atoms with Gasteiger partial charge in [0.2, 0.25) is 0 Å². The average molecular weight is 504 g/mol. The fourth-order valence-electron chi connectivity index (χ4n) is 3.72. The Hall–Kier alpha value is -2.23. The van der Waals surface area contributed by atoms with Crippen LogP contribution in [0.25, 0.3) is 0 Å². The van der Waals surface area contributed by atoms with Crippen LogP contribution in [0.1, 0.15) is 20.8 Å². The van der Waals surface area contributed by atoms with E-state index in [-0.39, 0.29) is 12.5 Å². The molecule has 3 aromatic rings. The molecule has 1 aliphatic heterocycles. The molecule has 6 nitrogen and oxygen atoms in total. The first kappa shape index (κ1) is 23.9. The van der Waals surface area contributed by atoms with E-state index in [0.29, 0.717) is 27.9 Å². The van der Waals surface area contributed by atoms with Gasteiger partial charge in [0, 0.05) is 48.2 Å². The molecule has 2 heterocycles.